The molecule has 16 heavy (non-hydrogen) atoms. The maximum Gasteiger partial charge on any atom is 0.184 e. The average molecular weight is 280 g/mol. The smallest absolute Gasteiger partial charge is 0.184 e. The van der Waals surface area contributed by atoms with E-state index < -0.39 is 15.1 Å². The van der Waals surface area contributed by atoms with Gasteiger partial charge in [-0.25, -0.2) is 8.42 Å². The molecule has 0 saturated carbocycles. The molecule has 0 aliphatic carbocycles. The molecule has 1 heterocycles. The SMILES string of the molecule is O=S(=O)(c1cccc(Cl)c1Cl)[C@H]1CCNC1. The minimum atomic E-state index is -3.37. The Morgan fingerprint density at radius 3 is 2.69 bits per heavy atom. The molecular weight excluding hydrogens is 269 g/mol. The summed E-state index contributed by atoms with van der Waals surface area (Å²) in [6, 6.07) is 4.68. The largest absolute Gasteiger partial charge is 0.315 e. The second-order valence-corrected chi connectivity index (χ2v) is 6.69. The van der Waals surface area contributed by atoms with E-state index in [1.54, 1.807) is 12.1 Å². The van der Waals surface area contributed by atoms with Crippen LogP contribution in [-0.4, -0.2) is 26.8 Å². The Labute approximate surface area is 105 Å². The van der Waals surface area contributed by atoms with E-state index in [9.17, 15) is 8.42 Å². The zero-order valence-corrected chi connectivity index (χ0v) is 10.7. The fraction of sp³-hybridized carbons (Fsp3) is 0.400. The van der Waals surface area contributed by atoms with Crippen molar-refractivity contribution in [3.8, 4) is 0 Å². The van der Waals surface area contributed by atoms with E-state index in [4.69, 9.17) is 23.2 Å². The fourth-order valence-corrected chi connectivity index (χ4v) is 4.21. The summed E-state index contributed by atoms with van der Waals surface area (Å²) in [5.41, 5.74) is 0. The highest BCUT2D eigenvalue weighted by molar-refractivity contribution is 7.92. The van der Waals surface area contributed by atoms with Crippen molar-refractivity contribution in [2.45, 2.75) is 16.6 Å². The van der Waals surface area contributed by atoms with Gasteiger partial charge in [0.15, 0.2) is 9.84 Å². The molecule has 0 radical (unpaired) electrons. The molecule has 0 unspecified atom stereocenters. The monoisotopic (exact) mass is 279 g/mol. The van der Waals surface area contributed by atoms with E-state index in [1.165, 1.54) is 6.07 Å². The Morgan fingerprint density at radius 1 is 1.31 bits per heavy atom. The van der Waals surface area contributed by atoms with Crippen molar-refractivity contribution in [1.29, 1.82) is 0 Å². The van der Waals surface area contributed by atoms with Gasteiger partial charge in [-0.1, -0.05) is 29.3 Å². The third-order valence-electron chi connectivity index (χ3n) is 2.68. The standard InChI is InChI=1S/C10H11Cl2NO2S/c11-8-2-1-3-9(10(8)12)16(14,15)7-4-5-13-6-7/h1-3,7,13H,4-6H2/t7-/m0/s1. The topological polar surface area (TPSA) is 46.2 Å². The predicted octanol–water partition coefficient (Wildman–Crippen LogP) is 2.13. The van der Waals surface area contributed by atoms with Crippen molar-refractivity contribution >= 4 is 33.0 Å². The van der Waals surface area contributed by atoms with Crippen LogP contribution < -0.4 is 5.32 Å². The van der Waals surface area contributed by atoms with Crippen LogP contribution >= 0.6 is 23.2 Å². The molecule has 0 aromatic heterocycles. The normalized spacial score (nSPS) is 21.2. The van der Waals surface area contributed by atoms with Crippen molar-refractivity contribution in [1.82, 2.24) is 5.32 Å². The highest BCUT2D eigenvalue weighted by atomic mass is 35.5. The van der Waals surface area contributed by atoms with Crippen molar-refractivity contribution < 1.29 is 8.42 Å². The summed E-state index contributed by atoms with van der Waals surface area (Å²) in [5.74, 6) is 0. The van der Waals surface area contributed by atoms with Gasteiger partial charge in [-0.3, -0.25) is 0 Å². The lowest BCUT2D eigenvalue weighted by Crippen LogP contribution is -2.24. The first-order valence-electron chi connectivity index (χ1n) is 4.92. The van der Waals surface area contributed by atoms with Crippen LogP contribution in [0.1, 0.15) is 6.42 Å². The van der Waals surface area contributed by atoms with Crippen molar-refractivity contribution in [2.24, 2.45) is 0 Å². The Hall–Kier alpha value is -0.290. The second kappa shape index (κ2) is 4.53. The van der Waals surface area contributed by atoms with Gasteiger partial charge in [0.1, 0.15) is 0 Å². The summed E-state index contributed by atoms with van der Waals surface area (Å²) in [6.45, 7) is 1.20. The minimum absolute atomic E-state index is 0.121. The van der Waals surface area contributed by atoms with Crippen LogP contribution in [0.5, 0.6) is 0 Å². The Balaban J connectivity index is 2.47. The van der Waals surface area contributed by atoms with Crippen molar-refractivity contribution in [3.63, 3.8) is 0 Å². The van der Waals surface area contributed by atoms with Gasteiger partial charge in [0, 0.05) is 6.54 Å². The van der Waals surface area contributed by atoms with Gasteiger partial charge in [-0.2, -0.15) is 0 Å². The number of sulfone groups is 1. The summed E-state index contributed by atoms with van der Waals surface area (Å²) < 4.78 is 24.4. The third kappa shape index (κ3) is 2.07. The lowest BCUT2D eigenvalue weighted by atomic mass is 10.4. The molecular formula is C10H11Cl2NO2S. The second-order valence-electron chi connectivity index (χ2n) is 3.71. The van der Waals surface area contributed by atoms with Crippen molar-refractivity contribution in [2.75, 3.05) is 13.1 Å². The van der Waals surface area contributed by atoms with E-state index >= 15 is 0 Å². The van der Waals surface area contributed by atoms with E-state index in [-0.39, 0.29) is 14.9 Å². The number of hydrogen-bond acceptors (Lipinski definition) is 3. The zero-order chi connectivity index (χ0) is 11.8. The maximum atomic E-state index is 12.2. The molecule has 1 atom stereocenters. The van der Waals surface area contributed by atoms with Crippen molar-refractivity contribution in [3.05, 3.63) is 28.2 Å². The predicted molar refractivity (Wildman–Crippen MR) is 64.9 cm³/mol. The average Bonchev–Trinajstić information content (AvgIpc) is 2.75. The van der Waals surface area contributed by atoms with Gasteiger partial charge in [0.2, 0.25) is 0 Å². The third-order valence-corrected chi connectivity index (χ3v) is 5.84. The molecule has 1 saturated heterocycles. The molecule has 1 fully saturated rings. The van der Waals surface area contributed by atoms with E-state index in [1.807, 2.05) is 0 Å². The number of nitrogens with one attached hydrogen (secondary N) is 1. The number of benzene rings is 1. The van der Waals surface area contributed by atoms with Gasteiger partial charge < -0.3 is 5.32 Å². The van der Waals surface area contributed by atoms with Crippen LogP contribution in [0.4, 0.5) is 0 Å². The summed E-state index contributed by atoms with van der Waals surface area (Å²) in [4.78, 5) is 0.135. The molecule has 0 amide bonds. The summed E-state index contributed by atoms with van der Waals surface area (Å²) in [5, 5.41) is 3.02. The molecule has 1 N–H and O–H groups in total. The first-order valence-corrected chi connectivity index (χ1v) is 7.22. The summed E-state index contributed by atoms with van der Waals surface area (Å²) >= 11 is 11.7. The highest BCUT2D eigenvalue weighted by Crippen LogP contribution is 2.32. The zero-order valence-electron chi connectivity index (χ0n) is 8.41. The van der Waals surface area contributed by atoms with Crippen LogP contribution in [0.15, 0.2) is 23.1 Å². The molecule has 0 spiro atoms. The van der Waals surface area contributed by atoms with Gasteiger partial charge in [-0.15, -0.1) is 0 Å². The fourth-order valence-electron chi connectivity index (χ4n) is 1.78. The van der Waals surface area contributed by atoms with Crippen LogP contribution in [0.25, 0.3) is 0 Å². The number of hydrogen-bond donors (Lipinski definition) is 1. The molecule has 1 aliphatic heterocycles. The van der Waals surface area contributed by atoms with Crippen LogP contribution in [0.2, 0.25) is 10.0 Å². The van der Waals surface area contributed by atoms with Crippen LogP contribution in [-0.2, 0) is 9.84 Å². The first kappa shape index (κ1) is 12.2. The molecule has 6 heteroatoms. The number of rotatable bonds is 2. The van der Waals surface area contributed by atoms with Gasteiger partial charge in [-0.05, 0) is 25.1 Å². The molecule has 3 nitrogen and oxygen atoms in total. The quantitative estimate of drug-likeness (QED) is 0.902. The highest BCUT2D eigenvalue weighted by Gasteiger charge is 2.32. The number of halogens is 2. The Morgan fingerprint density at radius 2 is 2.06 bits per heavy atom. The lowest BCUT2D eigenvalue weighted by molar-refractivity contribution is 0.583. The van der Waals surface area contributed by atoms with Crippen LogP contribution in [0.3, 0.4) is 0 Å². The van der Waals surface area contributed by atoms with Gasteiger partial charge in [0.25, 0.3) is 0 Å². The molecule has 1 aromatic rings. The maximum absolute atomic E-state index is 12.2. The lowest BCUT2D eigenvalue weighted by Gasteiger charge is -2.12. The molecule has 0 bridgehead atoms. The van der Waals surface area contributed by atoms with E-state index in [2.05, 4.69) is 5.32 Å². The first-order chi connectivity index (χ1) is 7.53. The Kier molecular flexibility index (Phi) is 3.45. The van der Waals surface area contributed by atoms with Gasteiger partial charge in [0.05, 0.1) is 20.2 Å². The van der Waals surface area contributed by atoms with Gasteiger partial charge >= 0.3 is 0 Å². The Bertz CT molecular complexity index is 496. The van der Waals surface area contributed by atoms with E-state index in [0.717, 1.165) is 6.54 Å². The molecule has 1 aliphatic rings. The van der Waals surface area contributed by atoms with E-state index in [0.29, 0.717) is 13.0 Å². The summed E-state index contributed by atoms with van der Waals surface area (Å²) in [6.07, 6.45) is 0.616. The molecule has 2 rings (SSSR count). The minimum Gasteiger partial charge on any atom is -0.315 e. The summed E-state index contributed by atoms with van der Waals surface area (Å²) in [7, 11) is -3.37. The van der Waals surface area contributed by atoms with Crippen LogP contribution in [0, 0.1) is 0 Å². The molecule has 88 valence electrons. The molecule has 1 aromatic carbocycles.